The summed E-state index contributed by atoms with van der Waals surface area (Å²) in [5, 5.41) is 2.34. The van der Waals surface area contributed by atoms with Crippen molar-refractivity contribution >= 4 is 5.91 Å². The van der Waals surface area contributed by atoms with E-state index in [0.29, 0.717) is 13.2 Å². The third kappa shape index (κ3) is 4.34. The summed E-state index contributed by atoms with van der Waals surface area (Å²) in [5.41, 5.74) is 4.80. The van der Waals surface area contributed by atoms with Crippen LogP contribution < -0.4 is 11.1 Å². The first-order valence-electron chi connectivity index (χ1n) is 7.65. The molecule has 7 heteroatoms. The highest BCUT2D eigenvalue weighted by Gasteiger charge is 2.42. The normalized spacial score (nSPS) is 23.2. The molecule has 21 heavy (non-hydrogen) atoms. The number of hydrogen-bond donors (Lipinski definition) is 2. The van der Waals surface area contributed by atoms with E-state index >= 15 is 0 Å². The molecule has 0 aromatic carbocycles. The van der Waals surface area contributed by atoms with Crippen molar-refractivity contribution in [3.8, 4) is 0 Å². The van der Waals surface area contributed by atoms with Crippen molar-refractivity contribution in [3.05, 3.63) is 0 Å². The molecule has 0 radical (unpaired) electrons. The lowest BCUT2D eigenvalue weighted by Gasteiger charge is -2.43. The number of carbonyl (C=O) groups excluding carboxylic acids is 1. The quantitative estimate of drug-likeness (QED) is 0.759. The second-order valence-electron chi connectivity index (χ2n) is 6.04. The van der Waals surface area contributed by atoms with E-state index < -0.39 is 19.0 Å². The monoisotopic (exact) mass is 305 g/mol. The van der Waals surface area contributed by atoms with Crippen LogP contribution in [0.25, 0.3) is 0 Å². The minimum absolute atomic E-state index is 0.175. The molecule has 1 saturated heterocycles. The fraction of sp³-hybridized carbons (Fsp3) is 0.929. The van der Waals surface area contributed by atoms with Crippen LogP contribution in [0.1, 0.15) is 32.1 Å². The Morgan fingerprint density at radius 2 is 1.90 bits per heavy atom. The Hall–Kier alpha value is -0.790. The standard InChI is InChI=1S/C14H25F2N3O2/c15-14(16,10-17)11-18-12(20)9-13(3-1-2-4-13)19-5-7-21-8-6-19/h1-11,17H2,(H,18,20). The summed E-state index contributed by atoms with van der Waals surface area (Å²) in [6.07, 6.45) is 4.36. The van der Waals surface area contributed by atoms with Crippen molar-refractivity contribution in [2.45, 2.75) is 43.6 Å². The highest BCUT2D eigenvalue weighted by molar-refractivity contribution is 5.77. The fourth-order valence-electron chi connectivity index (χ4n) is 3.34. The molecule has 5 nitrogen and oxygen atoms in total. The van der Waals surface area contributed by atoms with Crippen molar-refractivity contribution in [2.24, 2.45) is 5.73 Å². The lowest BCUT2D eigenvalue weighted by Crippen LogP contribution is -2.54. The zero-order valence-electron chi connectivity index (χ0n) is 12.4. The van der Waals surface area contributed by atoms with E-state index in [1.54, 1.807) is 0 Å². The van der Waals surface area contributed by atoms with Gasteiger partial charge in [-0.1, -0.05) is 12.8 Å². The zero-order chi connectivity index (χ0) is 15.3. The molecule has 1 aliphatic carbocycles. The predicted octanol–water partition coefficient (Wildman–Crippen LogP) is 0.732. The third-order valence-corrected chi connectivity index (χ3v) is 4.55. The topological polar surface area (TPSA) is 67.6 Å². The van der Waals surface area contributed by atoms with Gasteiger partial charge in [0.05, 0.1) is 26.3 Å². The van der Waals surface area contributed by atoms with Gasteiger partial charge in [0, 0.05) is 25.0 Å². The molecule has 1 amide bonds. The average molecular weight is 305 g/mol. The summed E-state index contributed by atoms with van der Waals surface area (Å²) in [6, 6.07) is 0. The first-order chi connectivity index (χ1) is 9.97. The van der Waals surface area contributed by atoms with Gasteiger partial charge in [-0.05, 0) is 12.8 Å². The number of halogens is 2. The Morgan fingerprint density at radius 1 is 1.29 bits per heavy atom. The van der Waals surface area contributed by atoms with Gasteiger partial charge in [0.15, 0.2) is 0 Å². The fourth-order valence-corrected chi connectivity index (χ4v) is 3.34. The van der Waals surface area contributed by atoms with Crippen LogP contribution in [-0.2, 0) is 9.53 Å². The van der Waals surface area contributed by atoms with Gasteiger partial charge < -0.3 is 15.8 Å². The van der Waals surface area contributed by atoms with Crippen molar-refractivity contribution in [3.63, 3.8) is 0 Å². The predicted molar refractivity (Wildman–Crippen MR) is 75.2 cm³/mol. The maximum Gasteiger partial charge on any atom is 0.277 e. The maximum absolute atomic E-state index is 13.1. The van der Waals surface area contributed by atoms with E-state index in [9.17, 15) is 13.6 Å². The molecule has 0 aromatic rings. The van der Waals surface area contributed by atoms with E-state index in [-0.39, 0.29) is 17.9 Å². The molecule has 0 bridgehead atoms. The number of alkyl halides is 2. The summed E-state index contributed by atoms with van der Waals surface area (Å²) in [5.74, 6) is -3.34. The van der Waals surface area contributed by atoms with Crippen LogP contribution in [0.5, 0.6) is 0 Å². The van der Waals surface area contributed by atoms with E-state index in [2.05, 4.69) is 10.2 Å². The average Bonchev–Trinajstić information content (AvgIpc) is 2.96. The number of hydrogen-bond acceptors (Lipinski definition) is 4. The molecule has 2 fully saturated rings. The second kappa shape index (κ2) is 6.98. The summed E-state index contributed by atoms with van der Waals surface area (Å²) in [4.78, 5) is 14.4. The van der Waals surface area contributed by atoms with Crippen molar-refractivity contribution in [1.29, 1.82) is 0 Å². The molecule has 0 atom stereocenters. The third-order valence-electron chi connectivity index (χ3n) is 4.55. The van der Waals surface area contributed by atoms with Gasteiger partial charge in [-0.15, -0.1) is 0 Å². The van der Waals surface area contributed by atoms with Crippen molar-refractivity contribution < 1.29 is 18.3 Å². The number of nitrogens with one attached hydrogen (secondary N) is 1. The number of nitrogens with zero attached hydrogens (tertiary/aromatic N) is 1. The van der Waals surface area contributed by atoms with E-state index in [0.717, 1.165) is 38.8 Å². The Morgan fingerprint density at radius 3 is 2.48 bits per heavy atom. The van der Waals surface area contributed by atoms with Gasteiger partial charge in [0.25, 0.3) is 5.92 Å². The van der Waals surface area contributed by atoms with Gasteiger partial charge in [0.1, 0.15) is 0 Å². The molecule has 0 aromatic heterocycles. The number of rotatable bonds is 6. The number of morpholine rings is 1. The molecular weight excluding hydrogens is 280 g/mol. The molecule has 2 rings (SSSR count). The molecule has 122 valence electrons. The molecule has 1 heterocycles. The summed E-state index contributed by atoms with van der Waals surface area (Å²) in [6.45, 7) is 1.55. The Balaban J connectivity index is 1.91. The SMILES string of the molecule is NCC(F)(F)CNC(=O)CC1(N2CCOCC2)CCCC1. The minimum atomic E-state index is -3.03. The minimum Gasteiger partial charge on any atom is -0.379 e. The lowest BCUT2D eigenvalue weighted by molar-refractivity contribution is -0.127. The molecule has 2 aliphatic rings. The van der Waals surface area contributed by atoms with Gasteiger partial charge in [-0.2, -0.15) is 0 Å². The maximum atomic E-state index is 13.1. The molecule has 0 unspecified atom stereocenters. The highest BCUT2D eigenvalue weighted by Crippen LogP contribution is 2.38. The van der Waals surface area contributed by atoms with E-state index in [1.807, 2.05) is 0 Å². The largest absolute Gasteiger partial charge is 0.379 e. The van der Waals surface area contributed by atoms with E-state index in [4.69, 9.17) is 10.5 Å². The molecule has 1 aliphatic heterocycles. The second-order valence-corrected chi connectivity index (χ2v) is 6.04. The van der Waals surface area contributed by atoms with Crippen molar-refractivity contribution in [1.82, 2.24) is 10.2 Å². The summed E-state index contributed by atoms with van der Waals surface area (Å²) >= 11 is 0. The smallest absolute Gasteiger partial charge is 0.277 e. The van der Waals surface area contributed by atoms with Gasteiger partial charge >= 0.3 is 0 Å². The molecule has 1 saturated carbocycles. The van der Waals surface area contributed by atoms with Crippen LogP contribution in [0.3, 0.4) is 0 Å². The molecule has 0 spiro atoms. The number of ether oxygens (including phenoxy) is 1. The van der Waals surface area contributed by atoms with Gasteiger partial charge in [-0.3, -0.25) is 9.69 Å². The summed E-state index contributed by atoms with van der Waals surface area (Å²) < 4.78 is 31.6. The first kappa shape index (κ1) is 16.6. The zero-order valence-corrected chi connectivity index (χ0v) is 12.4. The summed E-state index contributed by atoms with van der Waals surface area (Å²) in [7, 11) is 0. The van der Waals surface area contributed by atoms with Crippen LogP contribution in [0, 0.1) is 0 Å². The van der Waals surface area contributed by atoms with Crippen LogP contribution in [0.4, 0.5) is 8.78 Å². The van der Waals surface area contributed by atoms with Crippen LogP contribution in [0.2, 0.25) is 0 Å². The number of amides is 1. The highest BCUT2D eigenvalue weighted by atomic mass is 19.3. The molecular formula is C14H25F2N3O2. The first-order valence-corrected chi connectivity index (χ1v) is 7.65. The molecule has 3 N–H and O–H groups in total. The number of carbonyl (C=O) groups is 1. The van der Waals surface area contributed by atoms with Crippen LogP contribution >= 0.6 is 0 Å². The Labute approximate surface area is 124 Å². The Bertz CT molecular complexity index is 354. The lowest BCUT2D eigenvalue weighted by atomic mass is 9.90. The number of nitrogens with two attached hydrogens (primary N) is 1. The van der Waals surface area contributed by atoms with E-state index in [1.165, 1.54) is 0 Å². The van der Waals surface area contributed by atoms with Crippen LogP contribution in [0.15, 0.2) is 0 Å². The van der Waals surface area contributed by atoms with Gasteiger partial charge in [0.2, 0.25) is 5.91 Å². The van der Waals surface area contributed by atoms with Gasteiger partial charge in [-0.25, -0.2) is 8.78 Å². The Kier molecular flexibility index (Phi) is 5.51. The van der Waals surface area contributed by atoms with Crippen LogP contribution in [-0.4, -0.2) is 61.7 Å². The van der Waals surface area contributed by atoms with Crippen molar-refractivity contribution in [2.75, 3.05) is 39.4 Å².